The van der Waals surface area contributed by atoms with Crippen LogP contribution < -0.4 is 14.9 Å². The van der Waals surface area contributed by atoms with E-state index in [0.29, 0.717) is 6.61 Å². The first kappa shape index (κ1) is 23.7. The highest BCUT2D eigenvalue weighted by molar-refractivity contribution is 7.89. The Hall–Kier alpha value is -2.91. The number of benzene rings is 2. The molecule has 0 atom stereocenters. The summed E-state index contributed by atoms with van der Waals surface area (Å²) in [6.45, 7) is 2.50. The molecule has 0 fully saturated rings. The fourth-order valence-electron chi connectivity index (χ4n) is 3.48. The summed E-state index contributed by atoms with van der Waals surface area (Å²) in [6.07, 6.45) is 6.38. The first-order valence-corrected chi connectivity index (χ1v) is 12.1. The molecule has 0 aliphatic rings. The second-order valence-electron chi connectivity index (χ2n) is 7.57. The number of nitrogens with one attached hydrogen (secondary N) is 1. The summed E-state index contributed by atoms with van der Waals surface area (Å²) in [5.41, 5.74) is -0.266. The second-order valence-corrected chi connectivity index (χ2v) is 9.46. The lowest BCUT2D eigenvalue weighted by molar-refractivity contribution is 0.0697. The lowest BCUT2D eigenvalue weighted by atomic mass is 10.1. The Morgan fingerprint density at radius 2 is 1.78 bits per heavy atom. The molecule has 0 bridgehead atoms. The lowest BCUT2D eigenvalue weighted by Crippen LogP contribution is -2.19. The SMILES string of the molecule is CCCCCCCCOc1cc(S(=O)(=O)NC)cc2c(=O)c3cc(C(=O)O)ccc3oc12. The summed E-state index contributed by atoms with van der Waals surface area (Å²) in [5, 5.41) is 9.29. The third kappa shape index (κ3) is 5.11. The first-order valence-electron chi connectivity index (χ1n) is 10.6. The fraction of sp³-hybridized carbons (Fsp3) is 0.391. The topological polar surface area (TPSA) is 123 Å². The minimum Gasteiger partial charge on any atom is -0.490 e. The molecule has 0 saturated carbocycles. The van der Waals surface area contributed by atoms with Gasteiger partial charge in [-0.15, -0.1) is 0 Å². The highest BCUT2D eigenvalue weighted by atomic mass is 32.2. The molecule has 172 valence electrons. The van der Waals surface area contributed by atoms with Crippen LogP contribution in [-0.4, -0.2) is 33.1 Å². The Balaban J connectivity index is 2.06. The largest absolute Gasteiger partial charge is 0.490 e. The quantitative estimate of drug-likeness (QED) is 0.322. The van der Waals surface area contributed by atoms with E-state index in [9.17, 15) is 23.1 Å². The van der Waals surface area contributed by atoms with Gasteiger partial charge in [0.2, 0.25) is 15.5 Å². The van der Waals surface area contributed by atoms with Crippen molar-refractivity contribution in [3.05, 3.63) is 46.1 Å². The van der Waals surface area contributed by atoms with Crippen LogP contribution in [0.25, 0.3) is 21.9 Å². The molecule has 3 aromatic rings. The normalized spacial score (nSPS) is 11.8. The number of sulfonamides is 1. The van der Waals surface area contributed by atoms with E-state index in [0.717, 1.165) is 32.1 Å². The van der Waals surface area contributed by atoms with Crippen molar-refractivity contribution in [2.75, 3.05) is 13.7 Å². The fourth-order valence-corrected chi connectivity index (χ4v) is 4.25. The summed E-state index contributed by atoms with van der Waals surface area (Å²) in [4.78, 5) is 24.3. The van der Waals surface area contributed by atoms with Crippen molar-refractivity contribution in [2.24, 2.45) is 0 Å². The van der Waals surface area contributed by atoms with Gasteiger partial charge in [-0.05, 0) is 37.7 Å². The highest BCUT2D eigenvalue weighted by Crippen LogP contribution is 2.31. The molecule has 3 rings (SSSR count). The van der Waals surface area contributed by atoms with E-state index in [1.54, 1.807) is 0 Å². The van der Waals surface area contributed by atoms with Gasteiger partial charge < -0.3 is 14.3 Å². The molecule has 1 heterocycles. The molecular formula is C23H27NO7S. The number of ether oxygens (including phenoxy) is 1. The molecule has 2 aromatic carbocycles. The van der Waals surface area contributed by atoms with Gasteiger partial charge in [0.1, 0.15) is 5.58 Å². The predicted molar refractivity (Wildman–Crippen MR) is 122 cm³/mol. The molecule has 8 nitrogen and oxygen atoms in total. The summed E-state index contributed by atoms with van der Waals surface area (Å²) in [5.74, 6) is -1.02. The monoisotopic (exact) mass is 461 g/mol. The Morgan fingerprint density at radius 1 is 1.06 bits per heavy atom. The summed E-state index contributed by atoms with van der Waals surface area (Å²) in [7, 11) is -2.58. The van der Waals surface area contributed by atoms with Crippen molar-refractivity contribution < 1.29 is 27.5 Å². The molecule has 0 unspecified atom stereocenters. The number of fused-ring (bicyclic) bond motifs is 2. The maximum atomic E-state index is 13.1. The van der Waals surface area contributed by atoms with Crippen LogP contribution in [0.3, 0.4) is 0 Å². The van der Waals surface area contributed by atoms with E-state index in [1.165, 1.54) is 43.8 Å². The average Bonchev–Trinajstić information content (AvgIpc) is 2.78. The number of rotatable bonds is 11. The summed E-state index contributed by atoms with van der Waals surface area (Å²) >= 11 is 0. The molecular weight excluding hydrogens is 434 g/mol. The second kappa shape index (κ2) is 10.1. The van der Waals surface area contributed by atoms with Crippen molar-refractivity contribution in [1.82, 2.24) is 4.72 Å². The maximum Gasteiger partial charge on any atom is 0.335 e. The Bertz CT molecular complexity index is 1300. The summed E-state index contributed by atoms with van der Waals surface area (Å²) in [6, 6.07) is 6.54. The van der Waals surface area contributed by atoms with Gasteiger partial charge in [0, 0.05) is 6.07 Å². The van der Waals surface area contributed by atoms with E-state index in [4.69, 9.17) is 9.15 Å². The van der Waals surface area contributed by atoms with E-state index < -0.39 is 21.4 Å². The van der Waals surface area contributed by atoms with Crippen molar-refractivity contribution >= 4 is 37.9 Å². The Labute approximate surface area is 186 Å². The molecule has 0 saturated heterocycles. The Kier molecular flexibility index (Phi) is 7.52. The summed E-state index contributed by atoms with van der Waals surface area (Å²) < 4.78 is 38.8. The van der Waals surface area contributed by atoms with Gasteiger partial charge in [-0.1, -0.05) is 39.0 Å². The third-order valence-electron chi connectivity index (χ3n) is 5.29. The van der Waals surface area contributed by atoms with Crippen LogP contribution in [0.4, 0.5) is 0 Å². The zero-order valence-electron chi connectivity index (χ0n) is 18.1. The third-order valence-corrected chi connectivity index (χ3v) is 6.68. The van der Waals surface area contributed by atoms with Gasteiger partial charge in [-0.3, -0.25) is 4.79 Å². The van der Waals surface area contributed by atoms with Crippen LogP contribution in [0.5, 0.6) is 5.75 Å². The standard InChI is InChI=1S/C23H27NO7S/c1-3-4-5-6-7-8-11-30-20-14-16(32(28,29)24-2)13-18-21(25)17-12-15(23(26)27)9-10-19(17)31-22(18)20/h9-10,12-14,24H,3-8,11H2,1-2H3,(H,26,27). The van der Waals surface area contributed by atoms with Gasteiger partial charge >= 0.3 is 5.97 Å². The maximum absolute atomic E-state index is 13.1. The molecule has 1 aromatic heterocycles. The number of aromatic carboxylic acids is 1. The zero-order chi connectivity index (χ0) is 23.3. The molecule has 0 spiro atoms. The Morgan fingerprint density at radius 3 is 2.47 bits per heavy atom. The predicted octanol–water partition coefficient (Wildman–Crippen LogP) is 4.29. The zero-order valence-corrected chi connectivity index (χ0v) is 19.0. The minimum atomic E-state index is -3.85. The van der Waals surface area contributed by atoms with Crippen LogP contribution in [0.2, 0.25) is 0 Å². The van der Waals surface area contributed by atoms with E-state index in [1.807, 2.05) is 0 Å². The number of unbranched alkanes of at least 4 members (excludes halogenated alkanes) is 5. The van der Waals surface area contributed by atoms with Crippen molar-refractivity contribution in [2.45, 2.75) is 50.3 Å². The highest BCUT2D eigenvalue weighted by Gasteiger charge is 2.20. The van der Waals surface area contributed by atoms with Crippen LogP contribution in [0.15, 0.2) is 44.4 Å². The van der Waals surface area contributed by atoms with Gasteiger partial charge in [0.05, 0.1) is 27.8 Å². The van der Waals surface area contributed by atoms with Crippen molar-refractivity contribution in [3.8, 4) is 5.75 Å². The van der Waals surface area contributed by atoms with Crippen LogP contribution in [0, 0.1) is 0 Å². The van der Waals surface area contributed by atoms with Crippen molar-refractivity contribution in [1.29, 1.82) is 0 Å². The van der Waals surface area contributed by atoms with Crippen LogP contribution in [0.1, 0.15) is 55.8 Å². The van der Waals surface area contributed by atoms with Crippen LogP contribution in [-0.2, 0) is 10.0 Å². The van der Waals surface area contributed by atoms with Gasteiger partial charge in [-0.2, -0.15) is 0 Å². The number of carboxylic acids is 1. The molecule has 9 heteroatoms. The smallest absolute Gasteiger partial charge is 0.335 e. The van der Waals surface area contributed by atoms with Crippen molar-refractivity contribution in [3.63, 3.8) is 0 Å². The molecule has 0 aliphatic carbocycles. The minimum absolute atomic E-state index is 0.00862. The average molecular weight is 462 g/mol. The van der Waals surface area contributed by atoms with Gasteiger partial charge in [0.15, 0.2) is 11.3 Å². The molecule has 0 aliphatic heterocycles. The number of hydrogen-bond acceptors (Lipinski definition) is 6. The molecule has 0 radical (unpaired) electrons. The van der Waals surface area contributed by atoms with Crippen LogP contribution >= 0.6 is 0 Å². The molecule has 0 amide bonds. The lowest BCUT2D eigenvalue weighted by Gasteiger charge is -2.12. The number of hydrogen-bond donors (Lipinski definition) is 2. The molecule has 2 N–H and O–H groups in total. The number of carboxylic acid groups (broad SMARTS) is 1. The first-order chi connectivity index (χ1) is 15.3. The van der Waals surface area contributed by atoms with E-state index in [2.05, 4.69) is 11.6 Å². The van der Waals surface area contributed by atoms with E-state index >= 15 is 0 Å². The molecule has 32 heavy (non-hydrogen) atoms. The van der Waals surface area contributed by atoms with E-state index in [-0.39, 0.29) is 38.1 Å². The van der Waals surface area contributed by atoms with Gasteiger partial charge in [0.25, 0.3) is 0 Å². The van der Waals surface area contributed by atoms with Gasteiger partial charge in [-0.25, -0.2) is 17.9 Å². The number of carbonyl (C=O) groups is 1.